The first-order chi connectivity index (χ1) is 13.1. The summed E-state index contributed by atoms with van der Waals surface area (Å²) in [6.07, 6.45) is 5.81. The van der Waals surface area contributed by atoms with Crippen LogP contribution in [-0.2, 0) is 0 Å². The van der Waals surface area contributed by atoms with Crippen molar-refractivity contribution in [2.45, 2.75) is 45.6 Å². The number of fused-ring (bicyclic) bond motifs is 1. The molecule has 140 valence electrons. The van der Waals surface area contributed by atoms with Crippen LogP contribution in [0.3, 0.4) is 0 Å². The van der Waals surface area contributed by atoms with Crippen molar-refractivity contribution in [2.75, 3.05) is 6.54 Å². The number of para-hydroxylation sites is 1. The molecule has 1 aliphatic rings. The molecule has 4 rings (SSSR count). The van der Waals surface area contributed by atoms with Crippen molar-refractivity contribution in [3.05, 3.63) is 53.6 Å². The zero-order valence-electron chi connectivity index (χ0n) is 15.7. The average molecular weight is 366 g/mol. The van der Waals surface area contributed by atoms with E-state index < -0.39 is 0 Å². The van der Waals surface area contributed by atoms with E-state index >= 15 is 0 Å². The summed E-state index contributed by atoms with van der Waals surface area (Å²) in [5.41, 5.74) is 2.15. The van der Waals surface area contributed by atoms with Crippen molar-refractivity contribution in [2.24, 2.45) is 0 Å². The highest BCUT2D eigenvalue weighted by Gasteiger charge is 2.28. The Morgan fingerprint density at radius 1 is 1.30 bits per heavy atom. The Kier molecular flexibility index (Phi) is 4.64. The van der Waals surface area contributed by atoms with Gasteiger partial charge < -0.3 is 4.90 Å². The van der Waals surface area contributed by atoms with E-state index in [-0.39, 0.29) is 17.8 Å². The predicted molar refractivity (Wildman–Crippen MR) is 103 cm³/mol. The van der Waals surface area contributed by atoms with E-state index in [9.17, 15) is 9.18 Å². The molecule has 0 bridgehead atoms. The number of amides is 1. The third-order valence-electron chi connectivity index (χ3n) is 5.34. The fourth-order valence-corrected chi connectivity index (χ4v) is 3.95. The maximum Gasteiger partial charge on any atom is 0.254 e. The topological polar surface area (TPSA) is 51.0 Å². The van der Waals surface area contributed by atoms with Crippen LogP contribution in [0.25, 0.3) is 16.7 Å². The third-order valence-corrected chi connectivity index (χ3v) is 5.34. The smallest absolute Gasteiger partial charge is 0.254 e. The van der Waals surface area contributed by atoms with Gasteiger partial charge in [0.2, 0.25) is 0 Å². The van der Waals surface area contributed by atoms with Crippen LogP contribution in [-0.4, -0.2) is 38.2 Å². The monoisotopic (exact) mass is 366 g/mol. The molecule has 1 saturated heterocycles. The highest BCUT2D eigenvalue weighted by Crippen LogP contribution is 2.27. The Bertz CT molecular complexity index is 997. The van der Waals surface area contributed by atoms with E-state index in [1.54, 1.807) is 24.4 Å². The second kappa shape index (κ2) is 7.10. The molecule has 27 heavy (non-hydrogen) atoms. The number of aromatic nitrogens is 3. The van der Waals surface area contributed by atoms with Gasteiger partial charge in [0, 0.05) is 18.3 Å². The van der Waals surface area contributed by atoms with Crippen LogP contribution in [0, 0.1) is 12.7 Å². The minimum absolute atomic E-state index is 0.0186. The minimum atomic E-state index is -0.374. The molecule has 1 atom stereocenters. The van der Waals surface area contributed by atoms with Crippen molar-refractivity contribution in [3.63, 3.8) is 0 Å². The maximum absolute atomic E-state index is 14.3. The Hall–Kier alpha value is -2.76. The molecule has 3 aromatic rings. The first kappa shape index (κ1) is 17.6. The molecule has 0 radical (unpaired) electrons. The van der Waals surface area contributed by atoms with Crippen molar-refractivity contribution < 1.29 is 9.18 Å². The zero-order valence-corrected chi connectivity index (χ0v) is 15.7. The molecular weight excluding hydrogens is 343 g/mol. The van der Waals surface area contributed by atoms with E-state index in [1.165, 1.54) is 10.7 Å². The zero-order chi connectivity index (χ0) is 19.0. The van der Waals surface area contributed by atoms with Crippen LogP contribution < -0.4 is 0 Å². The standard InChI is InChI=1S/C21H23FN4O/c1-3-15-8-6-7-11-25(15)21(27)16-12-14(2)24-20-17(16)13-23-26(20)19-10-5-4-9-18(19)22/h4-5,9-10,12-13,15H,3,6-8,11H2,1-2H3/t15-/m0/s1. The summed E-state index contributed by atoms with van der Waals surface area (Å²) in [5.74, 6) is -0.356. The minimum Gasteiger partial charge on any atom is -0.336 e. The number of halogens is 1. The highest BCUT2D eigenvalue weighted by molar-refractivity contribution is 6.05. The largest absolute Gasteiger partial charge is 0.336 e. The molecule has 1 aromatic carbocycles. The molecule has 0 spiro atoms. The molecule has 0 saturated carbocycles. The lowest BCUT2D eigenvalue weighted by Crippen LogP contribution is -2.43. The maximum atomic E-state index is 14.3. The molecule has 2 aromatic heterocycles. The molecule has 0 N–H and O–H groups in total. The normalized spacial score (nSPS) is 17.4. The van der Waals surface area contributed by atoms with Crippen molar-refractivity contribution in [1.29, 1.82) is 0 Å². The molecule has 3 heterocycles. The van der Waals surface area contributed by atoms with E-state index in [1.807, 2.05) is 17.9 Å². The molecule has 1 amide bonds. The Labute approximate surface area is 157 Å². The van der Waals surface area contributed by atoms with Gasteiger partial charge in [-0.3, -0.25) is 4.79 Å². The number of piperidine rings is 1. The predicted octanol–water partition coefficient (Wildman–Crippen LogP) is 4.27. The average Bonchev–Trinajstić information content (AvgIpc) is 3.10. The molecule has 0 unspecified atom stereocenters. The fourth-order valence-electron chi connectivity index (χ4n) is 3.95. The highest BCUT2D eigenvalue weighted by atomic mass is 19.1. The van der Waals surface area contributed by atoms with Crippen LogP contribution in [0.15, 0.2) is 36.5 Å². The van der Waals surface area contributed by atoms with Crippen molar-refractivity contribution >= 4 is 16.9 Å². The summed E-state index contributed by atoms with van der Waals surface area (Å²) in [6, 6.07) is 8.54. The van der Waals surface area contributed by atoms with E-state index in [0.717, 1.165) is 32.2 Å². The van der Waals surface area contributed by atoms with Crippen LogP contribution in [0.5, 0.6) is 0 Å². The van der Waals surface area contributed by atoms with Gasteiger partial charge in [-0.15, -0.1) is 0 Å². The lowest BCUT2D eigenvalue weighted by Gasteiger charge is -2.35. The van der Waals surface area contributed by atoms with Crippen LogP contribution in [0.1, 0.15) is 48.7 Å². The summed E-state index contributed by atoms with van der Waals surface area (Å²) in [4.78, 5) is 19.9. The number of carbonyl (C=O) groups is 1. The number of rotatable bonds is 3. The molecule has 6 heteroatoms. The number of carbonyl (C=O) groups excluding carboxylic acids is 1. The van der Waals surface area contributed by atoms with Crippen LogP contribution >= 0.6 is 0 Å². The van der Waals surface area contributed by atoms with E-state index in [2.05, 4.69) is 17.0 Å². The number of hydrogen-bond donors (Lipinski definition) is 0. The SMILES string of the molecule is CC[C@H]1CCCCN1C(=O)c1cc(C)nc2c1cnn2-c1ccccc1F. The first-order valence-corrected chi connectivity index (χ1v) is 9.51. The van der Waals surface area contributed by atoms with Gasteiger partial charge in [0.15, 0.2) is 5.65 Å². The number of aryl methyl sites for hydroxylation is 1. The Morgan fingerprint density at radius 2 is 2.11 bits per heavy atom. The molecular formula is C21H23FN4O. The molecule has 1 fully saturated rings. The quantitative estimate of drug-likeness (QED) is 0.695. The summed E-state index contributed by atoms with van der Waals surface area (Å²) in [5, 5.41) is 5.00. The van der Waals surface area contributed by atoms with Gasteiger partial charge >= 0.3 is 0 Å². The summed E-state index contributed by atoms with van der Waals surface area (Å²) in [6.45, 7) is 4.75. The van der Waals surface area contributed by atoms with Gasteiger partial charge in [0.05, 0.1) is 17.1 Å². The molecule has 1 aliphatic heterocycles. The number of nitrogens with zero attached hydrogens (tertiary/aromatic N) is 4. The van der Waals surface area contributed by atoms with E-state index in [0.29, 0.717) is 28.0 Å². The molecule has 5 nitrogen and oxygen atoms in total. The first-order valence-electron chi connectivity index (χ1n) is 9.51. The summed E-state index contributed by atoms with van der Waals surface area (Å²) >= 11 is 0. The number of benzene rings is 1. The number of likely N-dealkylation sites (tertiary alicyclic amines) is 1. The van der Waals surface area contributed by atoms with Gasteiger partial charge in [-0.2, -0.15) is 5.10 Å². The number of pyridine rings is 1. The Morgan fingerprint density at radius 3 is 2.89 bits per heavy atom. The third kappa shape index (κ3) is 3.09. The van der Waals surface area contributed by atoms with Gasteiger partial charge in [-0.25, -0.2) is 14.1 Å². The van der Waals surface area contributed by atoms with Gasteiger partial charge in [0.1, 0.15) is 11.5 Å². The van der Waals surface area contributed by atoms with E-state index in [4.69, 9.17) is 0 Å². The van der Waals surface area contributed by atoms with Gasteiger partial charge in [0.25, 0.3) is 5.91 Å². The lowest BCUT2D eigenvalue weighted by atomic mass is 9.98. The molecule has 0 aliphatic carbocycles. The lowest BCUT2D eigenvalue weighted by molar-refractivity contribution is 0.0610. The van der Waals surface area contributed by atoms with Crippen LogP contribution in [0.2, 0.25) is 0 Å². The van der Waals surface area contributed by atoms with Crippen LogP contribution in [0.4, 0.5) is 4.39 Å². The Balaban J connectivity index is 1.83. The fraction of sp³-hybridized carbons (Fsp3) is 0.381. The summed E-state index contributed by atoms with van der Waals surface area (Å²) in [7, 11) is 0. The van der Waals surface area contributed by atoms with Gasteiger partial charge in [-0.05, 0) is 50.8 Å². The number of hydrogen-bond acceptors (Lipinski definition) is 3. The second-order valence-electron chi connectivity index (χ2n) is 7.11. The van der Waals surface area contributed by atoms with Gasteiger partial charge in [-0.1, -0.05) is 19.1 Å². The summed E-state index contributed by atoms with van der Waals surface area (Å²) < 4.78 is 15.7. The van der Waals surface area contributed by atoms with Crippen molar-refractivity contribution in [3.8, 4) is 5.69 Å². The van der Waals surface area contributed by atoms with Crippen molar-refractivity contribution in [1.82, 2.24) is 19.7 Å². The second-order valence-corrected chi connectivity index (χ2v) is 7.11.